The lowest BCUT2D eigenvalue weighted by atomic mass is 10.2. The Morgan fingerprint density at radius 2 is 1.21 bits per heavy atom. The molecule has 2 amide bonds. The molecule has 0 aromatic carbocycles. The first-order chi connectivity index (χ1) is 13.4. The van der Waals surface area contributed by atoms with Gasteiger partial charge in [0, 0.05) is 25.9 Å². The molecule has 0 aromatic rings. The van der Waals surface area contributed by atoms with Gasteiger partial charge in [-0.15, -0.1) is 0 Å². The maximum atomic E-state index is 11.7. The van der Waals surface area contributed by atoms with Crippen LogP contribution in [-0.2, 0) is 28.5 Å². The molecule has 0 aliphatic heterocycles. The highest BCUT2D eigenvalue weighted by Crippen LogP contribution is 2.09. The summed E-state index contributed by atoms with van der Waals surface area (Å²) in [6.45, 7) is 13.1. The molecule has 0 fully saturated rings. The Morgan fingerprint density at radius 1 is 0.690 bits per heavy atom. The van der Waals surface area contributed by atoms with Gasteiger partial charge in [-0.3, -0.25) is 9.59 Å². The van der Waals surface area contributed by atoms with Crippen molar-refractivity contribution < 1.29 is 33.3 Å². The predicted molar refractivity (Wildman–Crippen MR) is 109 cm³/mol. The van der Waals surface area contributed by atoms with Crippen LogP contribution in [0.25, 0.3) is 0 Å². The summed E-state index contributed by atoms with van der Waals surface area (Å²) < 4.78 is 21.0. The van der Waals surface area contributed by atoms with E-state index < -0.39 is 17.3 Å². The van der Waals surface area contributed by atoms with Crippen LogP contribution in [0, 0.1) is 0 Å². The van der Waals surface area contributed by atoms with Crippen LogP contribution in [0.3, 0.4) is 0 Å². The second kappa shape index (κ2) is 14.2. The second-order valence-corrected chi connectivity index (χ2v) is 8.44. The van der Waals surface area contributed by atoms with Gasteiger partial charge in [0.15, 0.2) is 0 Å². The zero-order valence-electron chi connectivity index (χ0n) is 18.7. The minimum atomic E-state index is -0.522. The number of esters is 1. The molecule has 2 N–H and O–H groups in total. The first-order valence-electron chi connectivity index (χ1n) is 10.00. The first kappa shape index (κ1) is 27.1. The van der Waals surface area contributed by atoms with Crippen LogP contribution in [-0.4, -0.2) is 68.7 Å². The van der Waals surface area contributed by atoms with Crippen molar-refractivity contribution in [1.82, 2.24) is 10.6 Å². The predicted octanol–water partition coefficient (Wildman–Crippen LogP) is 2.17. The van der Waals surface area contributed by atoms with Crippen molar-refractivity contribution in [3.05, 3.63) is 0 Å². The molecule has 0 aromatic heterocycles. The fraction of sp³-hybridized carbons (Fsp3) is 0.850. The minimum absolute atomic E-state index is 0.123. The van der Waals surface area contributed by atoms with Crippen molar-refractivity contribution in [2.45, 2.75) is 72.0 Å². The summed E-state index contributed by atoms with van der Waals surface area (Å²) >= 11 is 0. The van der Waals surface area contributed by atoms with E-state index >= 15 is 0 Å². The highest BCUT2D eigenvalue weighted by Gasteiger charge is 2.16. The first-order valence-corrected chi connectivity index (χ1v) is 10.00. The van der Waals surface area contributed by atoms with Gasteiger partial charge in [-0.1, -0.05) is 0 Å². The van der Waals surface area contributed by atoms with Crippen LogP contribution in [0.1, 0.15) is 60.8 Å². The Bertz CT molecular complexity index is 496. The Kier molecular flexibility index (Phi) is 13.3. The van der Waals surface area contributed by atoms with Crippen molar-refractivity contribution in [2.75, 3.05) is 39.5 Å². The maximum absolute atomic E-state index is 11.7. The molecule has 0 aliphatic rings. The third kappa shape index (κ3) is 20.7. The van der Waals surface area contributed by atoms with Crippen molar-refractivity contribution in [2.24, 2.45) is 0 Å². The molecule has 0 rings (SSSR count). The average Bonchev–Trinajstić information content (AvgIpc) is 2.53. The maximum Gasteiger partial charge on any atom is 0.407 e. The van der Waals surface area contributed by atoms with E-state index in [0.717, 1.165) is 0 Å². The molecule has 0 atom stereocenters. The quantitative estimate of drug-likeness (QED) is 0.348. The lowest BCUT2D eigenvalue weighted by Crippen LogP contribution is -2.34. The standard InChI is InChI=1S/C20H38N2O7/c1-19(2,3)28-17(24)9-7-8-16(23)21-10-12-26-14-15-27-13-11-22-18(25)29-20(4,5)6/h7-15H2,1-6H3,(H,21,23)(H,22,25). The molecule has 0 aliphatic carbocycles. The SMILES string of the molecule is CC(C)(C)OC(=O)CCCC(=O)NCCOCCOCCNC(=O)OC(C)(C)C. The highest BCUT2D eigenvalue weighted by molar-refractivity contribution is 5.77. The molecular formula is C20H38N2O7. The van der Waals surface area contributed by atoms with E-state index in [1.54, 1.807) is 20.8 Å². The van der Waals surface area contributed by atoms with Gasteiger partial charge in [0.25, 0.3) is 0 Å². The lowest BCUT2D eigenvalue weighted by Gasteiger charge is -2.19. The Labute approximate surface area is 174 Å². The summed E-state index contributed by atoms with van der Waals surface area (Å²) in [4.78, 5) is 34.6. The normalized spacial score (nSPS) is 11.7. The number of alkyl carbamates (subject to hydrolysis) is 1. The molecule has 0 heterocycles. The number of carbonyl (C=O) groups excluding carboxylic acids is 3. The number of hydrogen-bond acceptors (Lipinski definition) is 7. The van der Waals surface area contributed by atoms with Gasteiger partial charge < -0.3 is 29.6 Å². The zero-order chi connectivity index (χ0) is 22.3. The van der Waals surface area contributed by atoms with Gasteiger partial charge in [0.05, 0.1) is 26.4 Å². The topological polar surface area (TPSA) is 112 Å². The van der Waals surface area contributed by atoms with Crippen molar-refractivity contribution in [3.63, 3.8) is 0 Å². The number of rotatable bonds is 13. The summed E-state index contributed by atoms with van der Waals surface area (Å²) in [5.41, 5.74) is -1.03. The highest BCUT2D eigenvalue weighted by atomic mass is 16.6. The third-order valence-corrected chi connectivity index (χ3v) is 3.06. The molecule has 0 saturated heterocycles. The monoisotopic (exact) mass is 418 g/mol. The Balaban J connectivity index is 3.45. The zero-order valence-corrected chi connectivity index (χ0v) is 18.7. The third-order valence-electron chi connectivity index (χ3n) is 3.06. The number of carbonyl (C=O) groups is 3. The fourth-order valence-corrected chi connectivity index (χ4v) is 2.00. The number of nitrogens with one attached hydrogen (secondary N) is 2. The molecule has 0 saturated carbocycles. The Hall–Kier alpha value is -1.87. The molecule has 0 radical (unpaired) electrons. The number of hydrogen-bond donors (Lipinski definition) is 2. The largest absolute Gasteiger partial charge is 0.460 e. The molecule has 0 bridgehead atoms. The van der Waals surface area contributed by atoms with Crippen LogP contribution in [0.5, 0.6) is 0 Å². The lowest BCUT2D eigenvalue weighted by molar-refractivity contribution is -0.154. The van der Waals surface area contributed by atoms with Crippen molar-refractivity contribution in [1.29, 1.82) is 0 Å². The summed E-state index contributed by atoms with van der Waals surface area (Å²) in [5, 5.41) is 5.32. The average molecular weight is 419 g/mol. The van der Waals surface area contributed by atoms with Gasteiger partial charge in [-0.25, -0.2) is 4.79 Å². The van der Waals surface area contributed by atoms with Crippen LogP contribution in [0.2, 0.25) is 0 Å². The smallest absolute Gasteiger partial charge is 0.407 e. The number of ether oxygens (including phenoxy) is 4. The van der Waals surface area contributed by atoms with Gasteiger partial charge >= 0.3 is 12.1 Å². The van der Waals surface area contributed by atoms with E-state index in [4.69, 9.17) is 18.9 Å². The van der Waals surface area contributed by atoms with Gasteiger partial charge in [0.2, 0.25) is 5.91 Å². The van der Waals surface area contributed by atoms with E-state index in [2.05, 4.69) is 10.6 Å². The second-order valence-electron chi connectivity index (χ2n) is 8.44. The molecule has 29 heavy (non-hydrogen) atoms. The summed E-state index contributed by atoms with van der Waals surface area (Å²) in [7, 11) is 0. The molecule has 0 spiro atoms. The minimum Gasteiger partial charge on any atom is -0.460 e. The molecule has 9 nitrogen and oxygen atoms in total. The van der Waals surface area contributed by atoms with E-state index in [9.17, 15) is 14.4 Å². The summed E-state index contributed by atoms with van der Waals surface area (Å²) in [6, 6.07) is 0. The van der Waals surface area contributed by atoms with Gasteiger partial charge in [-0.2, -0.15) is 0 Å². The van der Waals surface area contributed by atoms with Crippen LogP contribution >= 0.6 is 0 Å². The van der Waals surface area contributed by atoms with E-state index in [-0.39, 0.29) is 24.7 Å². The number of amides is 2. The molecule has 0 unspecified atom stereocenters. The molecule has 170 valence electrons. The molecular weight excluding hydrogens is 380 g/mol. The molecule has 9 heteroatoms. The summed E-state index contributed by atoms with van der Waals surface area (Å²) in [6.07, 6.45) is 0.473. The van der Waals surface area contributed by atoms with Gasteiger partial charge in [-0.05, 0) is 48.0 Å². The fourth-order valence-electron chi connectivity index (χ4n) is 2.00. The van der Waals surface area contributed by atoms with Gasteiger partial charge in [0.1, 0.15) is 11.2 Å². The van der Waals surface area contributed by atoms with Crippen molar-refractivity contribution in [3.8, 4) is 0 Å². The van der Waals surface area contributed by atoms with E-state index in [0.29, 0.717) is 45.9 Å². The van der Waals surface area contributed by atoms with Crippen LogP contribution in [0.4, 0.5) is 4.79 Å². The van der Waals surface area contributed by atoms with Crippen LogP contribution in [0.15, 0.2) is 0 Å². The summed E-state index contributed by atoms with van der Waals surface area (Å²) in [5.74, 6) is -0.420. The van der Waals surface area contributed by atoms with Crippen molar-refractivity contribution >= 4 is 18.0 Å². The van der Waals surface area contributed by atoms with E-state index in [1.807, 2.05) is 20.8 Å². The van der Waals surface area contributed by atoms with E-state index in [1.165, 1.54) is 0 Å². The Morgan fingerprint density at radius 3 is 1.72 bits per heavy atom. The van der Waals surface area contributed by atoms with Crippen LogP contribution < -0.4 is 10.6 Å².